The smallest absolute Gasteiger partial charge is 0.250 e. The van der Waals surface area contributed by atoms with E-state index in [1.807, 2.05) is 12.3 Å². The fourth-order valence-corrected chi connectivity index (χ4v) is 3.67. The molecule has 2 atom stereocenters. The summed E-state index contributed by atoms with van der Waals surface area (Å²) in [4.78, 5) is 11.8. The van der Waals surface area contributed by atoms with Crippen molar-refractivity contribution in [1.82, 2.24) is 4.57 Å². The zero-order valence-corrected chi connectivity index (χ0v) is 13.7. The SMILES string of the molecule is COCCn1cc(NC2CC(C)CC(C)(C)C2)ccc1=O. The Morgan fingerprint density at radius 2 is 2.14 bits per heavy atom. The third-order valence-electron chi connectivity index (χ3n) is 4.28. The fraction of sp³-hybridized carbons (Fsp3) is 0.706. The molecule has 0 spiro atoms. The molecule has 0 aromatic carbocycles. The number of aromatic nitrogens is 1. The molecule has 1 fully saturated rings. The lowest BCUT2D eigenvalue weighted by Gasteiger charge is -2.39. The van der Waals surface area contributed by atoms with Crippen LogP contribution in [0.2, 0.25) is 0 Å². The van der Waals surface area contributed by atoms with Crippen LogP contribution in [-0.2, 0) is 11.3 Å². The van der Waals surface area contributed by atoms with E-state index in [1.165, 1.54) is 19.3 Å². The molecule has 4 heteroatoms. The molecule has 0 amide bonds. The molecule has 21 heavy (non-hydrogen) atoms. The molecule has 1 saturated carbocycles. The first-order valence-electron chi connectivity index (χ1n) is 7.85. The summed E-state index contributed by atoms with van der Waals surface area (Å²) in [6.45, 7) is 8.16. The van der Waals surface area contributed by atoms with Crippen LogP contribution in [0.4, 0.5) is 5.69 Å². The quantitative estimate of drug-likeness (QED) is 0.906. The van der Waals surface area contributed by atoms with Crippen molar-refractivity contribution in [3.05, 3.63) is 28.7 Å². The molecule has 1 aromatic rings. The van der Waals surface area contributed by atoms with E-state index in [0.29, 0.717) is 24.6 Å². The van der Waals surface area contributed by atoms with Crippen molar-refractivity contribution in [3.8, 4) is 0 Å². The predicted molar refractivity (Wildman–Crippen MR) is 86.8 cm³/mol. The maximum Gasteiger partial charge on any atom is 0.250 e. The van der Waals surface area contributed by atoms with Gasteiger partial charge in [-0.2, -0.15) is 0 Å². The van der Waals surface area contributed by atoms with E-state index in [0.717, 1.165) is 11.6 Å². The van der Waals surface area contributed by atoms with Crippen molar-refractivity contribution in [3.63, 3.8) is 0 Å². The van der Waals surface area contributed by atoms with Crippen molar-refractivity contribution in [2.75, 3.05) is 19.0 Å². The second-order valence-corrected chi connectivity index (χ2v) is 7.20. The number of hydrogen-bond acceptors (Lipinski definition) is 3. The van der Waals surface area contributed by atoms with E-state index in [2.05, 4.69) is 26.1 Å². The topological polar surface area (TPSA) is 43.3 Å². The zero-order chi connectivity index (χ0) is 15.5. The molecule has 118 valence electrons. The summed E-state index contributed by atoms with van der Waals surface area (Å²) in [5.74, 6) is 0.741. The van der Waals surface area contributed by atoms with Gasteiger partial charge in [0.1, 0.15) is 0 Å². The maximum atomic E-state index is 11.8. The van der Waals surface area contributed by atoms with E-state index in [9.17, 15) is 4.79 Å². The van der Waals surface area contributed by atoms with Gasteiger partial charge in [-0.1, -0.05) is 20.8 Å². The van der Waals surface area contributed by atoms with Gasteiger partial charge in [0, 0.05) is 32.0 Å². The Bertz CT molecular complexity index is 522. The van der Waals surface area contributed by atoms with Crippen LogP contribution in [0.1, 0.15) is 40.0 Å². The fourth-order valence-electron chi connectivity index (χ4n) is 3.67. The molecule has 4 nitrogen and oxygen atoms in total. The number of nitrogens with one attached hydrogen (secondary N) is 1. The van der Waals surface area contributed by atoms with Crippen LogP contribution < -0.4 is 10.9 Å². The summed E-state index contributed by atoms with van der Waals surface area (Å²) in [5.41, 5.74) is 1.44. The molecule has 0 aliphatic heterocycles. The van der Waals surface area contributed by atoms with Crippen LogP contribution in [0.3, 0.4) is 0 Å². The van der Waals surface area contributed by atoms with E-state index in [4.69, 9.17) is 4.74 Å². The number of nitrogens with zero attached hydrogens (tertiary/aromatic N) is 1. The molecule has 2 unspecified atom stereocenters. The van der Waals surface area contributed by atoms with Crippen LogP contribution in [0.25, 0.3) is 0 Å². The Kier molecular flexibility index (Phi) is 5.09. The highest BCUT2D eigenvalue weighted by Crippen LogP contribution is 2.39. The standard InChI is InChI=1S/C17H28N2O2/c1-13-9-15(11-17(2,3)10-13)18-14-5-6-16(20)19(12-14)7-8-21-4/h5-6,12-13,15,18H,7-11H2,1-4H3. The second kappa shape index (κ2) is 6.65. The molecule has 1 aliphatic rings. The molecule has 2 rings (SSSR count). The third kappa shape index (κ3) is 4.60. The average molecular weight is 292 g/mol. The number of hydrogen-bond donors (Lipinski definition) is 1. The molecular weight excluding hydrogens is 264 g/mol. The van der Waals surface area contributed by atoms with Gasteiger partial charge in [0.2, 0.25) is 0 Å². The first-order chi connectivity index (χ1) is 9.89. The van der Waals surface area contributed by atoms with Crippen LogP contribution in [0, 0.1) is 11.3 Å². The summed E-state index contributed by atoms with van der Waals surface area (Å²) in [6, 6.07) is 4.00. The Balaban J connectivity index is 2.07. The predicted octanol–water partition coefficient (Wildman–Crippen LogP) is 3.12. The average Bonchev–Trinajstić information content (AvgIpc) is 2.37. The molecule has 1 heterocycles. The van der Waals surface area contributed by atoms with E-state index >= 15 is 0 Å². The Labute approximate surface area is 127 Å². The van der Waals surface area contributed by atoms with Gasteiger partial charge < -0.3 is 14.6 Å². The van der Waals surface area contributed by atoms with Gasteiger partial charge in [-0.05, 0) is 36.7 Å². The van der Waals surface area contributed by atoms with Crippen LogP contribution in [0.15, 0.2) is 23.1 Å². The van der Waals surface area contributed by atoms with Crippen LogP contribution in [0.5, 0.6) is 0 Å². The molecule has 1 aliphatic carbocycles. The number of pyridine rings is 1. The van der Waals surface area contributed by atoms with Crippen molar-refractivity contribution in [2.45, 2.75) is 52.6 Å². The highest BCUT2D eigenvalue weighted by molar-refractivity contribution is 5.41. The van der Waals surface area contributed by atoms with Gasteiger partial charge in [0.15, 0.2) is 0 Å². The van der Waals surface area contributed by atoms with Gasteiger partial charge in [-0.25, -0.2) is 0 Å². The lowest BCUT2D eigenvalue weighted by molar-refractivity contribution is 0.178. The molecule has 1 N–H and O–H groups in total. The first kappa shape index (κ1) is 16.1. The normalized spacial score (nSPS) is 24.8. The highest BCUT2D eigenvalue weighted by Gasteiger charge is 2.31. The number of rotatable bonds is 5. The van der Waals surface area contributed by atoms with E-state index < -0.39 is 0 Å². The molecule has 1 aromatic heterocycles. The highest BCUT2D eigenvalue weighted by atomic mass is 16.5. The summed E-state index contributed by atoms with van der Waals surface area (Å²) in [5, 5.41) is 3.61. The van der Waals surface area contributed by atoms with Gasteiger partial charge >= 0.3 is 0 Å². The molecule has 0 bridgehead atoms. The largest absolute Gasteiger partial charge is 0.383 e. The van der Waals surface area contributed by atoms with Crippen molar-refractivity contribution >= 4 is 5.69 Å². The van der Waals surface area contributed by atoms with Crippen molar-refractivity contribution < 1.29 is 4.74 Å². The number of anilines is 1. The zero-order valence-electron chi connectivity index (χ0n) is 13.7. The van der Waals surface area contributed by atoms with E-state index in [1.54, 1.807) is 17.7 Å². The second-order valence-electron chi connectivity index (χ2n) is 7.20. The monoisotopic (exact) mass is 292 g/mol. The van der Waals surface area contributed by atoms with Gasteiger partial charge in [0.05, 0.1) is 12.3 Å². The Morgan fingerprint density at radius 3 is 2.81 bits per heavy atom. The minimum Gasteiger partial charge on any atom is -0.383 e. The molecular formula is C17H28N2O2. The van der Waals surface area contributed by atoms with Crippen LogP contribution in [-0.4, -0.2) is 24.3 Å². The van der Waals surface area contributed by atoms with Crippen LogP contribution >= 0.6 is 0 Å². The maximum absolute atomic E-state index is 11.8. The Hall–Kier alpha value is -1.29. The lowest BCUT2D eigenvalue weighted by atomic mass is 9.70. The van der Waals surface area contributed by atoms with Gasteiger partial charge in [0.25, 0.3) is 5.56 Å². The third-order valence-corrected chi connectivity index (χ3v) is 4.28. The summed E-state index contributed by atoms with van der Waals surface area (Å²) in [7, 11) is 1.65. The minimum atomic E-state index is 0.0231. The molecule has 0 radical (unpaired) electrons. The summed E-state index contributed by atoms with van der Waals surface area (Å²) < 4.78 is 6.76. The van der Waals surface area contributed by atoms with Gasteiger partial charge in [-0.15, -0.1) is 0 Å². The lowest BCUT2D eigenvalue weighted by Crippen LogP contribution is -2.35. The van der Waals surface area contributed by atoms with Crippen molar-refractivity contribution in [1.29, 1.82) is 0 Å². The molecule has 0 saturated heterocycles. The first-order valence-corrected chi connectivity index (χ1v) is 7.85. The minimum absolute atomic E-state index is 0.0231. The van der Waals surface area contributed by atoms with Crippen molar-refractivity contribution in [2.24, 2.45) is 11.3 Å². The number of ether oxygens (including phenoxy) is 1. The van der Waals surface area contributed by atoms with Gasteiger partial charge in [-0.3, -0.25) is 4.79 Å². The summed E-state index contributed by atoms with van der Waals surface area (Å²) >= 11 is 0. The van der Waals surface area contributed by atoms with E-state index in [-0.39, 0.29) is 5.56 Å². The number of methoxy groups -OCH3 is 1. The Morgan fingerprint density at radius 1 is 1.38 bits per heavy atom. The summed E-state index contributed by atoms with van der Waals surface area (Å²) in [6.07, 6.45) is 5.57.